The molecule has 128 valence electrons. The van der Waals surface area contributed by atoms with Crippen LogP contribution in [0.5, 0.6) is 0 Å². The summed E-state index contributed by atoms with van der Waals surface area (Å²) in [5.74, 6) is 0.878. The van der Waals surface area contributed by atoms with Crippen molar-refractivity contribution >= 4 is 5.96 Å². The van der Waals surface area contributed by atoms with Gasteiger partial charge in [-0.1, -0.05) is 43.7 Å². The highest BCUT2D eigenvalue weighted by Crippen LogP contribution is 2.23. The summed E-state index contributed by atoms with van der Waals surface area (Å²) in [5.41, 5.74) is 2.63. The van der Waals surface area contributed by atoms with E-state index in [-0.39, 0.29) is 5.41 Å². The minimum absolute atomic E-state index is 0.0138. The number of guanidine groups is 1. The third-order valence-electron chi connectivity index (χ3n) is 4.33. The van der Waals surface area contributed by atoms with Crippen molar-refractivity contribution < 1.29 is 4.74 Å². The lowest BCUT2D eigenvalue weighted by atomic mass is 9.84. The molecule has 2 N–H and O–H groups in total. The molecule has 0 amide bonds. The normalized spacial score (nSPS) is 19.0. The molecule has 2 rings (SSSR count). The third kappa shape index (κ3) is 5.54. The number of aliphatic imine (C=N–C) groups is 1. The van der Waals surface area contributed by atoms with Crippen LogP contribution < -0.4 is 10.6 Å². The second-order valence-electron chi connectivity index (χ2n) is 6.96. The second-order valence-corrected chi connectivity index (χ2v) is 6.96. The smallest absolute Gasteiger partial charge is 0.191 e. The van der Waals surface area contributed by atoms with E-state index in [0.29, 0.717) is 6.10 Å². The molecular weight excluding hydrogens is 286 g/mol. The number of hydrogen-bond donors (Lipinski definition) is 2. The maximum Gasteiger partial charge on any atom is 0.191 e. The molecule has 1 heterocycles. The van der Waals surface area contributed by atoms with Gasteiger partial charge in [-0.05, 0) is 32.3 Å². The third-order valence-corrected chi connectivity index (χ3v) is 4.33. The Kier molecular flexibility index (Phi) is 6.46. The Labute approximate surface area is 140 Å². The summed E-state index contributed by atoms with van der Waals surface area (Å²) in [5, 5.41) is 6.73. The Balaban J connectivity index is 1.95. The Morgan fingerprint density at radius 1 is 1.26 bits per heavy atom. The lowest BCUT2D eigenvalue weighted by molar-refractivity contribution is 0.114. The van der Waals surface area contributed by atoms with Gasteiger partial charge >= 0.3 is 0 Å². The lowest BCUT2D eigenvalue weighted by Crippen LogP contribution is -2.41. The van der Waals surface area contributed by atoms with E-state index in [4.69, 9.17) is 9.73 Å². The van der Waals surface area contributed by atoms with Crippen molar-refractivity contribution in [1.82, 2.24) is 10.6 Å². The summed E-state index contributed by atoms with van der Waals surface area (Å²) >= 11 is 0. The Bertz CT molecular complexity index is 502. The van der Waals surface area contributed by atoms with Gasteiger partial charge in [0.1, 0.15) is 0 Å². The predicted octanol–water partition coefficient (Wildman–Crippen LogP) is 3.01. The molecule has 0 spiro atoms. The second kappa shape index (κ2) is 8.34. The zero-order valence-corrected chi connectivity index (χ0v) is 15.0. The molecule has 23 heavy (non-hydrogen) atoms. The fourth-order valence-corrected chi connectivity index (χ4v) is 2.73. The number of benzene rings is 1. The van der Waals surface area contributed by atoms with E-state index in [2.05, 4.69) is 62.6 Å². The van der Waals surface area contributed by atoms with E-state index >= 15 is 0 Å². The van der Waals surface area contributed by atoms with Gasteiger partial charge in [-0.25, -0.2) is 0 Å². The molecule has 1 aliphatic rings. The van der Waals surface area contributed by atoms with Crippen LogP contribution in [0.1, 0.15) is 44.7 Å². The minimum Gasteiger partial charge on any atom is -0.376 e. The van der Waals surface area contributed by atoms with Gasteiger partial charge in [0.25, 0.3) is 0 Å². The van der Waals surface area contributed by atoms with E-state index in [1.54, 1.807) is 0 Å². The quantitative estimate of drug-likeness (QED) is 0.626. The van der Waals surface area contributed by atoms with E-state index in [9.17, 15) is 0 Å². The average molecular weight is 317 g/mol. The van der Waals surface area contributed by atoms with Gasteiger partial charge in [0.15, 0.2) is 5.96 Å². The Morgan fingerprint density at radius 2 is 2.00 bits per heavy atom. The molecular formula is C19H31N3O. The Hall–Kier alpha value is -1.55. The van der Waals surface area contributed by atoms with Crippen LogP contribution >= 0.6 is 0 Å². The predicted molar refractivity (Wildman–Crippen MR) is 97.2 cm³/mol. The summed E-state index contributed by atoms with van der Waals surface area (Å²) in [6.07, 6.45) is 2.63. The molecule has 0 saturated carbocycles. The summed E-state index contributed by atoms with van der Waals surface area (Å²) in [6.45, 7) is 12.0. The number of ether oxygens (including phenoxy) is 1. The molecule has 0 aromatic heterocycles. The van der Waals surface area contributed by atoms with Crippen LogP contribution in [0.15, 0.2) is 29.3 Å². The highest BCUT2D eigenvalue weighted by atomic mass is 16.5. The zero-order valence-electron chi connectivity index (χ0n) is 15.0. The molecule has 1 saturated heterocycles. The van der Waals surface area contributed by atoms with Crippen LogP contribution in [0.2, 0.25) is 0 Å². The SMILES string of the molecule is CCNC(=NCC(C)(C)c1ccc(C)cc1)NCC1CCCO1. The lowest BCUT2D eigenvalue weighted by Gasteiger charge is -2.24. The number of aryl methyl sites for hydroxylation is 1. The van der Waals surface area contributed by atoms with Gasteiger partial charge in [-0.2, -0.15) is 0 Å². The fourth-order valence-electron chi connectivity index (χ4n) is 2.73. The van der Waals surface area contributed by atoms with E-state index in [1.807, 2.05) is 0 Å². The van der Waals surface area contributed by atoms with Crippen molar-refractivity contribution in [3.63, 3.8) is 0 Å². The van der Waals surface area contributed by atoms with Crippen molar-refractivity contribution in [1.29, 1.82) is 0 Å². The van der Waals surface area contributed by atoms with Crippen molar-refractivity contribution in [2.75, 3.05) is 26.2 Å². The largest absolute Gasteiger partial charge is 0.376 e. The van der Waals surface area contributed by atoms with Crippen molar-refractivity contribution in [2.45, 2.75) is 52.1 Å². The van der Waals surface area contributed by atoms with E-state index in [0.717, 1.165) is 38.6 Å². The summed E-state index contributed by atoms with van der Waals surface area (Å²) < 4.78 is 5.66. The molecule has 1 aromatic carbocycles. The zero-order chi connectivity index (χ0) is 16.7. The van der Waals surface area contributed by atoms with Crippen molar-refractivity contribution in [3.8, 4) is 0 Å². The summed E-state index contributed by atoms with van der Waals surface area (Å²) in [6, 6.07) is 8.75. The van der Waals surface area contributed by atoms with Gasteiger partial charge in [-0.3, -0.25) is 4.99 Å². The van der Waals surface area contributed by atoms with Gasteiger partial charge in [0.2, 0.25) is 0 Å². The van der Waals surface area contributed by atoms with Gasteiger partial charge < -0.3 is 15.4 Å². The Morgan fingerprint density at radius 3 is 2.61 bits per heavy atom. The highest BCUT2D eigenvalue weighted by Gasteiger charge is 2.21. The van der Waals surface area contributed by atoms with Crippen LogP contribution in [0.25, 0.3) is 0 Å². The van der Waals surface area contributed by atoms with Crippen LogP contribution in [0.4, 0.5) is 0 Å². The summed E-state index contributed by atoms with van der Waals surface area (Å²) in [4.78, 5) is 4.78. The molecule has 1 unspecified atom stereocenters. The van der Waals surface area contributed by atoms with Gasteiger partial charge in [-0.15, -0.1) is 0 Å². The summed E-state index contributed by atoms with van der Waals surface area (Å²) in [7, 11) is 0. The highest BCUT2D eigenvalue weighted by molar-refractivity contribution is 5.79. The van der Waals surface area contributed by atoms with Crippen LogP contribution in [0.3, 0.4) is 0 Å². The number of nitrogens with one attached hydrogen (secondary N) is 2. The van der Waals surface area contributed by atoms with Crippen LogP contribution in [-0.2, 0) is 10.2 Å². The molecule has 4 nitrogen and oxygen atoms in total. The first-order valence-electron chi connectivity index (χ1n) is 8.72. The van der Waals surface area contributed by atoms with Crippen LogP contribution in [0, 0.1) is 6.92 Å². The molecule has 0 bridgehead atoms. The number of hydrogen-bond acceptors (Lipinski definition) is 2. The first-order valence-corrected chi connectivity index (χ1v) is 8.72. The first kappa shape index (κ1) is 17.8. The maximum absolute atomic E-state index is 5.66. The molecule has 1 atom stereocenters. The molecule has 1 fully saturated rings. The molecule has 4 heteroatoms. The van der Waals surface area contributed by atoms with E-state index in [1.165, 1.54) is 17.5 Å². The van der Waals surface area contributed by atoms with Crippen molar-refractivity contribution in [3.05, 3.63) is 35.4 Å². The first-order chi connectivity index (χ1) is 11.0. The molecule has 1 aromatic rings. The molecule has 0 radical (unpaired) electrons. The molecule has 1 aliphatic heterocycles. The monoisotopic (exact) mass is 317 g/mol. The number of rotatable bonds is 6. The minimum atomic E-state index is 0.0138. The van der Waals surface area contributed by atoms with E-state index < -0.39 is 0 Å². The average Bonchev–Trinajstić information content (AvgIpc) is 3.04. The standard InChI is InChI=1S/C19H31N3O/c1-5-20-18(21-13-17-7-6-12-23-17)22-14-19(3,4)16-10-8-15(2)9-11-16/h8-11,17H,5-7,12-14H2,1-4H3,(H2,20,21,22). The van der Waals surface area contributed by atoms with Gasteiger partial charge in [0.05, 0.1) is 12.6 Å². The maximum atomic E-state index is 5.66. The van der Waals surface area contributed by atoms with Gasteiger partial charge in [0, 0.05) is 25.1 Å². The van der Waals surface area contributed by atoms with Crippen molar-refractivity contribution in [2.24, 2.45) is 4.99 Å². The molecule has 0 aliphatic carbocycles. The van der Waals surface area contributed by atoms with Crippen LogP contribution in [-0.4, -0.2) is 38.3 Å². The topological polar surface area (TPSA) is 45.7 Å². The fraction of sp³-hybridized carbons (Fsp3) is 0.632. The number of nitrogens with zero attached hydrogens (tertiary/aromatic N) is 1.